The molecule has 0 fully saturated rings. The zero-order chi connectivity index (χ0) is 13.4. The van der Waals surface area contributed by atoms with Gasteiger partial charge in [0.2, 0.25) is 0 Å². The summed E-state index contributed by atoms with van der Waals surface area (Å²) in [5.74, 6) is 0. The van der Waals surface area contributed by atoms with Crippen molar-refractivity contribution in [2.24, 2.45) is 0 Å². The predicted molar refractivity (Wildman–Crippen MR) is 85.9 cm³/mol. The quantitative estimate of drug-likeness (QED) is 0.595. The molecular formula is C15H12Br2ClN. The van der Waals surface area contributed by atoms with Crippen LogP contribution in [0, 0.1) is 0 Å². The van der Waals surface area contributed by atoms with Crippen molar-refractivity contribution in [2.75, 3.05) is 0 Å². The van der Waals surface area contributed by atoms with Crippen molar-refractivity contribution < 1.29 is 0 Å². The molecule has 1 nitrogen and oxygen atoms in total. The van der Waals surface area contributed by atoms with Crippen molar-refractivity contribution >= 4 is 43.5 Å². The van der Waals surface area contributed by atoms with Crippen LogP contribution in [0.1, 0.15) is 22.4 Å². The summed E-state index contributed by atoms with van der Waals surface area (Å²) in [7, 11) is 0. The summed E-state index contributed by atoms with van der Waals surface area (Å²) < 4.78 is 2.11. The van der Waals surface area contributed by atoms with E-state index in [1.807, 2.05) is 12.3 Å². The van der Waals surface area contributed by atoms with Crippen LogP contribution in [0.15, 0.2) is 33.3 Å². The monoisotopic (exact) mass is 399 g/mol. The van der Waals surface area contributed by atoms with Gasteiger partial charge in [-0.3, -0.25) is 4.98 Å². The van der Waals surface area contributed by atoms with E-state index in [1.165, 1.54) is 22.4 Å². The highest BCUT2D eigenvalue weighted by molar-refractivity contribution is 9.10. The average molecular weight is 402 g/mol. The van der Waals surface area contributed by atoms with E-state index in [-0.39, 0.29) is 0 Å². The molecule has 0 aliphatic heterocycles. The van der Waals surface area contributed by atoms with E-state index in [2.05, 4.69) is 49.0 Å². The molecular weight excluding hydrogens is 389 g/mol. The fraction of sp³-hybridized carbons (Fsp3) is 0.267. The average Bonchev–Trinajstić information content (AvgIpc) is 2.38. The molecule has 0 atom stereocenters. The standard InChI is InChI=1S/C15H12Br2ClN/c16-11-7-10-1-4-12-9(2-5-13(18)15(12)17)3-6-14(10)19-8-11/h2,5,7-8H,1,3-4,6H2. The SMILES string of the molecule is Clc1ccc2c(c1Br)CCc1cc(Br)cnc1CC2. The summed E-state index contributed by atoms with van der Waals surface area (Å²) in [5, 5.41) is 0.798. The number of pyridine rings is 1. The van der Waals surface area contributed by atoms with Gasteiger partial charge in [-0.05, 0) is 86.4 Å². The lowest BCUT2D eigenvalue weighted by molar-refractivity contribution is 0.807. The topological polar surface area (TPSA) is 12.9 Å². The summed E-state index contributed by atoms with van der Waals surface area (Å²) in [4.78, 5) is 4.55. The zero-order valence-electron chi connectivity index (χ0n) is 10.2. The Morgan fingerprint density at radius 1 is 1.00 bits per heavy atom. The summed E-state index contributed by atoms with van der Waals surface area (Å²) in [6.45, 7) is 0. The Balaban J connectivity index is 2.01. The summed E-state index contributed by atoms with van der Waals surface area (Å²) in [6.07, 6.45) is 5.91. The van der Waals surface area contributed by atoms with Crippen LogP contribution in [0.5, 0.6) is 0 Å². The third kappa shape index (κ3) is 2.74. The van der Waals surface area contributed by atoms with Gasteiger partial charge in [-0.25, -0.2) is 0 Å². The van der Waals surface area contributed by atoms with Crippen molar-refractivity contribution in [2.45, 2.75) is 25.7 Å². The van der Waals surface area contributed by atoms with E-state index in [0.29, 0.717) is 0 Å². The molecule has 0 radical (unpaired) electrons. The van der Waals surface area contributed by atoms with Crippen LogP contribution in [0.4, 0.5) is 0 Å². The maximum atomic E-state index is 6.20. The van der Waals surface area contributed by atoms with Crippen LogP contribution in [-0.2, 0) is 25.7 Å². The van der Waals surface area contributed by atoms with Crippen LogP contribution >= 0.6 is 43.5 Å². The highest BCUT2D eigenvalue weighted by atomic mass is 79.9. The maximum absolute atomic E-state index is 6.20. The second-order valence-electron chi connectivity index (χ2n) is 4.76. The first kappa shape index (κ1) is 13.6. The number of hydrogen-bond donors (Lipinski definition) is 0. The van der Waals surface area contributed by atoms with Gasteiger partial charge in [-0.2, -0.15) is 0 Å². The van der Waals surface area contributed by atoms with Crippen LogP contribution in [0.25, 0.3) is 0 Å². The van der Waals surface area contributed by atoms with E-state index in [9.17, 15) is 0 Å². The highest BCUT2D eigenvalue weighted by Gasteiger charge is 2.16. The maximum Gasteiger partial charge on any atom is 0.0551 e. The Bertz CT molecular complexity index is 640. The van der Waals surface area contributed by atoms with Crippen molar-refractivity contribution in [1.82, 2.24) is 4.98 Å². The lowest BCUT2D eigenvalue weighted by Crippen LogP contribution is -2.09. The van der Waals surface area contributed by atoms with E-state index < -0.39 is 0 Å². The van der Waals surface area contributed by atoms with Crippen molar-refractivity contribution in [3.05, 3.63) is 60.7 Å². The molecule has 1 aromatic heterocycles. The van der Waals surface area contributed by atoms with Gasteiger partial charge < -0.3 is 0 Å². The minimum absolute atomic E-state index is 0.798. The number of aromatic nitrogens is 1. The molecule has 1 aliphatic carbocycles. The van der Waals surface area contributed by atoms with Gasteiger partial charge >= 0.3 is 0 Å². The minimum atomic E-state index is 0.798. The molecule has 0 saturated carbocycles. The van der Waals surface area contributed by atoms with Gasteiger partial charge in [0.1, 0.15) is 0 Å². The van der Waals surface area contributed by atoms with Gasteiger partial charge in [-0.15, -0.1) is 0 Å². The molecule has 0 spiro atoms. The molecule has 0 amide bonds. The summed E-state index contributed by atoms with van der Waals surface area (Å²) in [6, 6.07) is 6.31. The van der Waals surface area contributed by atoms with E-state index >= 15 is 0 Å². The largest absolute Gasteiger partial charge is 0.260 e. The molecule has 0 bridgehead atoms. The van der Waals surface area contributed by atoms with Crippen molar-refractivity contribution in [1.29, 1.82) is 0 Å². The Hall–Kier alpha value is -0.380. The second-order valence-corrected chi connectivity index (χ2v) is 6.87. The van der Waals surface area contributed by atoms with Gasteiger partial charge in [0, 0.05) is 20.8 Å². The molecule has 1 aromatic carbocycles. The summed E-state index contributed by atoms with van der Waals surface area (Å²) >= 11 is 13.3. The third-order valence-electron chi connectivity index (χ3n) is 3.60. The number of rotatable bonds is 0. The Kier molecular flexibility index (Phi) is 3.97. The number of benzene rings is 1. The number of hydrogen-bond acceptors (Lipinski definition) is 1. The van der Waals surface area contributed by atoms with Crippen molar-refractivity contribution in [3.8, 4) is 0 Å². The Morgan fingerprint density at radius 2 is 1.79 bits per heavy atom. The van der Waals surface area contributed by atoms with Crippen LogP contribution in [-0.4, -0.2) is 4.98 Å². The van der Waals surface area contributed by atoms with E-state index in [0.717, 1.165) is 39.7 Å². The molecule has 0 unspecified atom stereocenters. The number of nitrogens with zero attached hydrogens (tertiary/aromatic N) is 1. The van der Waals surface area contributed by atoms with Crippen LogP contribution in [0.2, 0.25) is 5.02 Å². The van der Waals surface area contributed by atoms with E-state index in [1.54, 1.807) is 0 Å². The minimum Gasteiger partial charge on any atom is -0.260 e. The molecule has 1 aliphatic rings. The fourth-order valence-electron chi connectivity index (χ4n) is 2.60. The number of halogens is 3. The lowest BCUT2D eigenvalue weighted by Gasteiger charge is -2.18. The molecule has 1 heterocycles. The Morgan fingerprint density at radius 3 is 2.63 bits per heavy atom. The molecule has 98 valence electrons. The first-order chi connectivity index (χ1) is 9.15. The molecule has 19 heavy (non-hydrogen) atoms. The van der Waals surface area contributed by atoms with Gasteiger partial charge in [0.05, 0.1) is 5.02 Å². The normalized spacial score (nSPS) is 14.3. The first-order valence-electron chi connectivity index (χ1n) is 6.24. The smallest absolute Gasteiger partial charge is 0.0551 e. The van der Waals surface area contributed by atoms with Gasteiger partial charge in [0.25, 0.3) is 0 Å². The summed E-state index contributed by atoms with van der Waals surface area (Å²) in [5.41, 5.74) is 5.29. The van der Waals surface area contributed by atoms with Crippen LogP contribution in [0.3, 0.4) is 0 Å². The first-order valence-corrected chi connectivity index (χ1v) is 8.20. The molecule has 0 saturated heterocycles. The van der Waals surface area contributed by atoms with Crippen LogP contribution < -0.4 is 0 Å². The van der Waals surface area contributed by atoms with Crippen molar-refractivity contribution in [3.63, 3.8) is 0 Å². The molecule has 0 N–H and O–H groups in total. The predicted octanol–water partition coefficient (Wildman–Crippen LogP) is 5.14. The highest BCUT2D eigenvalue weighted by Crippen LogP contribution is 2.32. The van der Waals surface area contributed by atoms with Gasteiger partial charge in [0.15, 0.2) is 0 Å². The molecule has 4 heteroatoms. The molecule has 2 aromatic rings. The Labute approximate surface area is 134 Å². The zero-order valence-corrected chi connectivity index (χ0v) is 14.1. The lowest BCUT2D eigenvalue weighted by atomic mass is 9.91. The number of aryl methyl sites for hydroxylation is 3. The fourth-order valence-corrected chi connectivity index (χ4v) is 3.74. The third-order valence-corrected chi connectivity index (χ3v) is 5.48. The number of fused-ring (bicyclic) bond motifs is 2. The molecule has 3 rings (SSSR count). The second kappa shape index (κ2) is 5.55. The van der Waals surface area contributed by atoms with Gasteiger partial charge in [-0.1, -0.05) is 17.7 Å². The van der Waals surface area contributed by atoms with E-state index in [4.69, 9.17) is 11.6 Å².